The van der Waals surface area contributed by atoms with Crippen LogP contribution in [-0.4, -0.2) is 28.5 Å². The number of rotatable bonds is 7. The lowest BCUT2D eigenvalue weighted by atomic mass is 10.3. The molecular formula is C11H17N3O2S. The van der Waals surface area contributed by atoms with E-state index in [4.69, 9.17) is 0 Å². The van der Waals surface area contributed by atoms with Crippen LogP contribution in [0.4, 0.5) is 11.5 Å². The highest BCUT2D eigenvalue weighted by Crippen LogP contribution is 2.21. The number of thioether (sulfide) groups is 1. The smallest absolute Gasteiger partial charge is 0.311 e. The Labute approximate surface area is 105 Å². The van der Waals surface area contributed by atoms with E-state index < -0.39 is 4.92 Å². The zero-order valence-corrected chi connectivity index (χ0v) is 10.9. The summed E-state index contributed by atoms with van der Waals surface area (Å²) in [5, 5.41) is 13.8. The predicted octanol–water partition coefficient (Wildman–Crippen LogP) is 2.85. The Morgan fingerprint density at radius 3 is 2.88 bits per heavy atom. The van der Waals surface area contributed by atoms with Gasteiger partial charge in [0.05, 0.1) is 4.92 Å². The van der Waals surface area contributed by atoms with E-state index in [-0.39, 0.29) is 5.69 Å². The molecule has 0 amide bonds. The van der Waals surface area contributed by atoms with Gasteiger partial charge in [0.15, 0.2) is 0 Å². The zero-order valence-electron chi connectivity index (χ0n) is 10.1. The van der Waals surface area contributed by atoms with Crippen molar-refractivity contribution in [1.29, 1.82) is 0 Å². The summed E-state index contributed by atoms with van der Waals surface area (Å²) in [5.41, 5.74) is 0.822. The molecular weight excluding hydrogens is 238 g/mol. The quantitative estimate of drug-likeness (QED) is 0.461. The van der Waals surface area contributed by atoms with Crippen LogP contribution in [0.25, 0.3) is 0 Å². The summed E-state index contributed by atoms with van der Waals surface area (Å²) in [6.45, 7) is 2.54. The van der Waals surface area contributed by atoms with Gasteiger partial charge in [0.25, 0.3) is 0 Å². The highest BCUT2D eigenvalue weighted by Gasteiger charge is 2.14. The summed E-state index contributed by atoms with van der Waals surface area (Å²) in [6.07, 6.45) is 4.17. The number of pyridine rings is 1. The Balaban J connectivity index is 2.56. The summed E-state index contributed by atoms with van der Waals surface area (Å²) in [5.74, 6) is 1.49. The Morgan fingerprint density at radius 1 is 1.47 bits per heavy atom. The summed E-state index contributed by atoms with van der Waals surface area (Å²) >= 11 is 1.81. The van der Waals surface area contributed by atoms with E-state index in [1.807, 2.05) is 6.92 Å². The molecule has 0 aliphatic heterocycles. The molecule has 0 aliphatic carbocycles. The minimum Gasteiger partial charge on any atom is -0.364 e. The van der Waals surface area contributed by atoms with Crippen LogP contribution < -0.4 is 5.32 Å². The maximum Gasteiger partial charge on any atom is 0.311 e. The number of hydrogen-bond acceptors (Lipinski definition) is 5. The van der Waals surface area contributed by atoms with Crippen LogP contribution in [0.1, 0.15) is 18.5 Å². The number of nitrogens with zero attached hydrogens (tertiary/aromatic N) is 2. The number of nitrogens with one attached hydrogen (secondary N) is 1. The molecule has 0 saturated heterocycles. The highest BCUT2D eigenvalue weighted by molar-refractivity contribution is 7.98. The Kier molecular flexibility index (Phi) is 5.76. The topological polar surface area (TPSA) is 68.1 Å². The predicted molar refractivity (Wildman–Crippen MR) is 71.7 cm³/mol. The lowest BCUT2D eigenvalue weighted by molar-refractivity contribution is -0.384. The molecule has 0 atom stereocenters. The third-order valence-corrected chi connectivity index (χ3v) is 2.97. The normalized spacial score (nSPS) is 10.2. The van der Waals surface area contributed by atoms with Gasteiger partial charge in [-0.3, -0.25) is 10.1 Å². The van der Waals surface area contributed by atoms with Crippen molar-refractivity contribution in [3.63, 3.8) is 0 Å². The van der Waals surface area contributed by atoms with Crippen LogP contribution in [0.2, 0.25) is 0 Å². The number of unbranched alkanes of at least 4 members (excludes halogenated alkanes) is 1. The third kappa shape index (κ3) is 4.60. The SMILES string of the molecule is CSCCCCNc1nc(C)ccc1[N+](=O)[O-]. The van der Waals surface area contributed by atoms with Crippen molar-refractivity contribution in [3.8, 4) is 0 Å². The van der Waals surface area contributed by atoms with Crippen LogP contribution in [0, 0.1) is 17.0 Å². The molecule has 17 heavy (non-hydrogen) atoms. The summed E-state index contributed by atoms with van der Waals surface area (Å²) in [6, 6.07) is 3.14. The van der Waals surface area contributed by atoms with Crippen molar-refractivity contribution in [2.24, 2.45) is 0 Å². The van der Waals surface area contributed by atoms with Gasteiger partial charge in [-0.1, -0.05) is 0 Å². The number of nitro groups is 1. The molecule has 0 fully saturated rings. The lowest BCUT2D eigenvalue weighted by Crippen LogP contribution is -2.07. The molecule has 0 unspecified atom stereocenters. The van der Waals surface area contributed by atoms with E-state index in [2.05, 4.69) is 16.6 Å². The maximum atomic E-state index is 10.8. The molecule has 0 bridgehead atoms. The second kappa shape index (κ2) is 7.11. The van der Waals surface area contributed by atoms with Crippen LogP contribution in [0.15, 0.2) is 12.1 Å². The van der Waals surface area contributed by atoms with Gasteiger partial charge in [-0.25, -0.2) is 4.98 Å². The van der Waals surface area contributed by atoms with E-state index in [0.29, 0.717) is 5.82 Å². The van der Waals surface area contributed by atoms with Gasteiger partial charge in [-0.2, -0.15) is 11.8 Å². The van der Waals surface area contributed by atoms with Gasteiger partial charge < -0.3 is 5.32 Å². The first-order valence-electron chi connectivity index (χ1n) is 5.50. The largest absolute Gasteiger partial charge is 0.364 e. The molecule has 5 nitrogen and oxygen atoms in total. The monoisotopic (exact) mass is 255 g/mol. The molecule has 0 aromatic carbocycles. The number of aromatic nitrogens is 1. The Bertz CT molecular complexity index is 385. The molecule has 1 rings (SSSR count). The van der Waals surface area contributed by atoms with Crippen LogP contribution in [-0.2, 0) is 0 Å². The number of anilines is 1. The fraction of sp³-hybridized carbons (Fsp3) is 0.545. The van der Waals surface area contributed by atoms with E-state index in [9.17, 15) is 10.1 Å². The summed E-state index contributed by atoms with van der Waals surface area (Å²) < 4.78 is 0. The number of aryl methyl sites for hydroxylation is 1. The fourth-order valence-electron chi connectivity index (χ4n) is 1.40. The molecule has 1 aromatic heterocycles. The summed E-state index contributed by atoms with van der Waals surface area (Å²) in [4.78, 5) is 14.5. The van der Waals surface area contributed by atoms with Gasteiger partial charge in [0.1, 0.15) is 0 Å². The molecule has 0 saturated carbocycles. The Hall–Kier alpha value is -1.30. The third-order valence-electron chi connectivity index (χ3n) is 2.28. The molecule has 0 spiro atoms. The molecule has 6 heteroatoms. The first kappa shape index (κ1) is 13.8. The fourth-order valence-corrected chi connectivity index (χ4v) is 1.90. The van der Waals surface area contributed by atoms with Gasteiger partial charge in [-0.05, 0) is 37.8 Å². The van der Waals surface area contributed by atoms with E-state index >= 15 is 0 Å². The molecule has 0 radical (unpaired) electrons. The average molecular weight is 255 g/mol. The first-order valence-corrected chi connectivity index (χ1v) is 6.89. The van der Waals surface area contributed by atoms with Gasteiger partial charge in [-0.15, -0.1) is 0 Å². The standard InChI is InChI=1S/C11H17N3O2S/c1-9-5-6-10(14(15)16)11(13-9)12-7-3-4-8-17-2/h5-6H,3-4,7-8H2,1-2H3,(H,12,13). The minimum atomic E-state index is -0.406. The molecule has 1 aromatic rings. The first-order chi connectivity index (χ1) is 8.15. The Morgan fingerprint density at radius 2 is 2.24 bits per heavy atom. The van der Waals surface area contributed by atoms with Crippen molar-refractivity contribution >= 4 is 23.3 Å². The molecule has 0 aliphatic rings. The van der Waals surface area contributed by atoms with Crippen LogP contribution >= 0.6 is 11.8 Å². The van der Waals surface area contributed by atoms with Gasteiger partial charge in [0, 0.05) is 18.3 Å². The molecule has 1 heterocycles. The molecule has 1 N–H and O–H groups in total. The highest BCUT2D eigenvalue weighted by atomic mass is 32.2. The van der Waals surface area contributed by atoms with Gasteiger partial charge in [0.2, 0.25) is 5.82 Å². The average Bonchev–Trinajstić information content (AvgIpc) is 2.28. The van der Waals surface area contributed by atoms with Crippen molar-refractivity contribution in [1.82, 2.24) is 4.98 Å². The summed E-state index contributed by atoms with van der Waals surface area (Å²) in [7, 11) is 0. The maximum absolute atomic E-state index is 10.8. The van der Waals surface area contributed by atoms with E-state index in [1.54, 1.807) is 17.8 Å². The van der Waals surface area contributed by atoms with Crippen molar-refractivity contribution < 1.29 is 4.92 Å². The second-order valence-corrected chi connectivity index (χ2v) is 4.69. The minimum absolute atomic E-state index is 0.0421. The van der Waals surface area contributed by atoms with Crippen molar-refractivity contribution in [2.75, 3.05) is 23.9 Å². The van der Waals surface area contributed by atoms with Crippen molar-refractivity contribution in [3.05, 3.63) is 27.9 Å². The van der Waals surface area contributed by atoms with E-state index in [1.165, 1.54) is 6.07 Å². The molecule has 94 valence electrons. The number of hydrogen-bond donors (Lipinski definition) is 1. The zero-order chi connectivity index (χ0) is 12.7. The second-order valence-electron chi connectivity index (χ2n) is 3.70. The van der Waals surface area contributed by atoms with Crippen LogP contribution in [0.5, 0.6) is 0 Å². The van der Waals surface area contributed by atoms with E-state index in [0.717, 1.165) is 30.8 Å². The lowest BCUT2D eigenvalue weighted by Gasteiger charge is -2.06. The van der Waals surface area contributed by atoms with Crippen LogP contribution in [0.3, 0.4) is 0 Å². The van der Waals surface area contributed by atoms with Gasteiger partial charge >= 0.3 is 5.69 Å². The van der Waals surface area contributed by atoms with Crippen molar-refractivity contribution in [2.45, 2.75) is 19.8 Å².